The van der Waals surface area contributed by atoms with Crippen LogP contribution in [0.5, 0.6) is 11.5 Å². The number of likely N-dealkylation sites (tertiary alicyclic amines) is 1. The molecular weight excluding hydrogens is 436 g/mol. The molecule has 1 N–H and O–H groups in total. The number of nitrogens with zero attached hydrogens (tertiary/aromatic N) is 2. The van der Waals surface area contributed by atoms with E-state index in [0.29, 0.717) is 31.0 Å². The van der Waals surface area contributed by atoms with Crippen molar-refractivity contribution in [1.29, 1.82) is 0 Å². The molecule has 0 saturated carbocycles. The van der Waals surface area contributed by atoms with E-state index in [1.807, 2.05) is 53.4 Å². The third-order valence-corrected chi connectivity index (χ3v) is 5.92. The van der Waals surface area contributed by atoms with Crippen molar-refractivity contribution in [2.45, 2.75) is 44.8 Å². The zero-order valence-electron chi connectivity index (χ0n) is 19.1. The quantitative estimate of drug-likeness (QED) is 0.480. The van der Waals surface area contributed by atoms with Crippen molar-refractivity contribution < 1.29 is 28.7 Å². The van der Waals surface area contributed by atoms with Gasteiger partial charge in [-0.1, -0.05) is 29.4 Å². The van der Waals surface area contributed by atoms with E-state index in [4.69, 9.17) is 19.1 Å². The standard InChI is InChI=1S/C26H28N2O6/c1-32-20-8-6-19(7-9-20)17-33-21-10-4-18(5-11-21)15-25(29)28-14-2-3-24(28)23-16-22(34-27-23)12-13-26(30)31/h4-11,16,24H,2-3,12-15,17H2,1H3,(H,30,31). The number of carbonyl (C=O) groups excluding carboxylic acids is 1. The van der Waals surface area contributed by atoms with Gasteiger partial charge in [-0.05, 0) is 48.2 Å². The zero-order valence-corrected chi connectivity index (χ0v) is 19.1. The van der Waals surface area contributed by atoms with E-state index in [0.717, 1.165) is 35.5 Å². The van der Waals surface area contributed by atoms with Crippen LogP contribution in [-0.2, 0) is 29.0 Å². The highest BCUT2D eigenvalue weighted by atomic mass is 16.5. The number of aliphatic carboxylic acids is 1. The Hall–Kier alpha value is -3.81. The Balaban J connectivity index is 1.31. The van der Waals surface area contributed by atoms with Crippen molar-refractivity contribution in [2.75, 3.05) is 13.7 Å². The number of rotatable bonds is 10. The van der Waals surface area contributed by atoms with E-state index in [1.54, 1.807) is 13.2 Å². The number of hydrogen-bond donors (Lipinski definition) is 1. The fraction of sp³-hybridized carbons (Fsp3) is 0.346. The van der Waals surface area contributed by atoms with Gasteiger partial charge >= 0.3 is 5.97 Å². The molecule has 1 saturated heterocycles. The van der Waals surface area contributed by atoms with Gasteiger partial charge in [-0.3, -0.25) is 9.59 Å². The van der Waals surface area contributed by atoms with Crippen LogP contribution < -0.4 is 9.47 Å². The highest BCUT2D eigenvalue weighted by molar-refractivity contribution is 5.79. The first-order valence-electron chi connectivity index (χ1n) is 11.3. The molecule has 1 unspecified atom stereocenters. The lowest BCUT2D eigenvalue weighted by Crippen LogP contribution is -2.32. The average molecular weight is 465 g/mol. The van der Waals surface area contributed by atoms with Crippen LogP contribution >= 0.6 is 0 Å². The summed E-state index contributed by atoms with van der Waals surface area (Å²) >= 11 is 0. The van der Waals surface area contributed by atoms with E-state index in [-0.39, 0.29) is 24.8 Å². The molecule has 1 aromatic heterocycles. The average Bonchev–Trinajstić information content (AvgIpc) is 3.52. The van der Waals surface area contributed by atoms with E-state index in [9.17, 15) is 9.59 Å². The number of ether oxygens (including phenoxy) is 2. The molecule has 34 heavy (non-hydrogen) atoms. The van der Waals surface area contributed by atoms with Crippen LogP contribution in [0.4, 0.5) is 0 Å². The third-order valence-electron chi connectivity index (χ3n) is 5.92. The Bertz CT molecular complexity index is 1110. The van der Waals surface area contributed by atoms with Crippen molar-refractivity contribution in [3.8, 4) is 11.5 Å². The number of benzene rings is 2. The van der Waals surface area contributed by atoms with Gasteiger partial charge in [-0.15, -0.1) is 0 Å². The lowest BCUT2D eigenvalue weighted by molar-refractivity contribution is -0.137. The van der Waals surface area contributed by atoms with E-state index in [2.05, 4.69) is 5.16 Å². The zero-order chi connectivity index (χ0) is 23.9. The van der Waals surface area contributed by atoms with Crippen molar-refractivity contribution in [3.05, 3.63) is 77.2 Å². The molecule has 0 bridgehead atoms. The van der Waals surface area contributed by atoms with E-state index >= 15 is 0 Å². The first kappa shape index (κ1) is 23.4. The van der Waals surface area contributed by atoms with Crippen LogP contribution in [0.15, 0.2) is 59.1 Å². The summed E-state index contributed by atoms with van der Waals surface area (Å²) in [4.78, 5) is 25.6. The summed E-state index contributed by atoms with van der Waals surface area (Å²) in [5.74, 6) is 1.22. The summed E-state index contributed by atoms with van der Waals surface area (Å²) < 4.78 is 16.3. The lowest BCUT2D eigenvalue weighted by atomic mass is 10.1. The summed E-state index contributed by atoms with van der Waals surface area (Å²) in [5.41, 5.74) is 2.64. The van der Waals surface area contributed by atoms with Gasteiger partial charge in [0.25, 0.3) is 0 Å². The third kappa shape index (κ3) is 5.95. The number of methoxy groups -OCH3 is 1. The maximum Gasteiger partial charge on any atom is 0.303 e. The Morgan fingerprint density at radius 2 is 1.79 bits per heavy atom. The number of aryl methyl sites for hydroxylation is 1. The first-order chi connectivity index (χ1) is 16.5. The minimum Gasteiger partial charge on any atom is -0.497 e. The number of carboxylic acids is 1. The number of amides is 1. The molecule has 0 aliphatic carbocycles. The molecule has 1 aliphatic heterocycles. The Morgan fingerprint density at radius 3 is 2.50 bits per heavy atom. The van der Waals surface area contributed by atoms with E-state index < -0.39 is 5.97 Å². The van der Waals surface area contributed by atoms with Crippen LogP contribution in [0.2, 0.25) is 0 Å². The highest BCUT2D eigenvalue weighted by Gasteiger charge is 2.32. The Labute approximate surface area is 198 Å². The van der Waals surface area contributed by atoms with Crippen LogP contribution in [-0.4, -0.2) is 40.7 Å². The van der Waals surface area contributed by atoms with Gasteiger partial charge in [0.1, 0.15) is 29.6 Å². The van der Waals surface area contributed by atoms with Crippen molar-refractivity contribution in [2.24, 2.45) is 0 Å². The first-order valence-corrected chi connectivity index (χ1v) is 11.3. The highest BCUT2D eigenvalue weighted by Crippen LogP contribution is 2.32. The topological polar surface area (TPSA) is 102 Å². The van der Waals surface area contributed by atoms with Gasteiger partial charge in [0.2, 0.25) is 5.91 Å². The van der Waals surface area contributed by atoms with Crippen molar-refractivity contribution in [1.82, 2.24) is 10.1 Å². The molecular formula is C26H28N2O6. The molecule has 1 aliphatic rings. The molecule has 1 fully saturated rings. The molecule has 3 aromatic rings. The SMILES string of the molecule is COc1ccc(COc2ccc(CC(=O)N3CCCC3c3cc(CCC(=O)O)on3)cc2)cc1. The van der Waals surface area contributed by atoms with Crippen LogP contribution in [0.1, 0.15) is 47.9 Å². The monoisotopic (exact) mass is 464 g/mol. The molecule has 1 amide bonds. The predicted molar refractivity (Wildman–Crippen MR) is 124 cm³/mol. The van der Waals surface area contributed by atoms with Crippen molar-refractivity contribution >= 4 is 11.9 Å². The summed E-state index contributed by atoms with van der Waals surface area (Å²) in [7, 11) is 1.64. The number of carbonyl (C=O) groups is 2. The molecule has 8 nitrogen and oxygen atoms in total. The van der Waals surface area contributed by atoms with Gasteiger partial charge in [0.05, 0.1) is 26.0 Å². The van der Waals surface area contributed by atoms with Gasteiger partial charge in [0.15, 0.2) is 0 Å². The molecule has 178 valence electrons. The van der Waals surface area contributed by atoms with Gasteiger partial charge in [-0.25, -0.2) is 0 Å². The number of aromatic nitrogens is 1. The molecule has 8 heteroatoms. The minimum atomic E-state index is -0.882. The Kier molecular flexibility index (Phi) is 7.47. The normalized spacial score (nSPS) is 15.3. The second-order valence-electron chi connectivity index (χ2n) is 8.31. The summed E-state index contributed by atoms with van der Waals surface area (Å²) in [5, 5.41) is 12.9. The van der Waals surface area contributed by atoms with Crippen LogP contribution in [0.25, 0.3) is 0 Å². The predicted octanol–water partition coefficient (Wildman–Crippen LogP) is 4.19. The van der Waals surface area contributed by atoms with Crippen LogP contribution in [0, 0.1) is 0 Å². The fourth-order valence-electron chi connectivity index (χ4n) is 4.07. The Morgan fingerprint density at radius 1 is 1.09 bits per heavy atom. The molecule has 4 rings (SSSR count). The second-order valence-corrected chi connectivity index (χ2v) is 8.31. The van der Waals surface area contributed by atoms with Crippen molar-refractivity contribution in [3.63, 3.8) is 0 Å². The number of carboxylic acid groups (broad SMARTS) is 1. The molecule has 0 spiro atoms. The smallest absolute Gasteiger partial charge is 0.303 e. The van der Waals surface area contributed by atoms with Gasteiger partial charge in [-0.2, -0.15) is 0 Å². The summed E-state index contributed by atoms with van der Waals surface area (Å²) in [6.07, 6.45) is 2.28. The van der Waals surface area contributed by atoms with Gasteiger partial charge < -0.3 is 24.0 Å². The van der Waals surface area contributed by atoms with E-state index in [1.165, 1.54) is 0 Å². The van der Waals surface area contributed by atoms with Gasteiger partial charge in [0, 0.05) is 19.0 Å². The largest absolute Gasteiger partial charge is 0.497 e. The minimum absolute atomic E-state index is 0.0122. The fourth-order valence-corrected chi connectivity index (χ4v) is 4.07. The number of hydrogen-bond acceptors (Lipinski definition) is 6. The molecule has 2 aromatic carbocycles. The van der Waals surface area contributed by atoms with Crippen LogP contribution in [0.3, 0.4) is 0 Å². The maximum atomic E-state index is 13.0. The summed E-state index contributed by atoms with van der Waals surface area (Å²) in [6, 6.07) is 16.9. The summed E-state index contributed by atoms with van der Waals surface area (Å²) in [6.45, 7) is 1.12. The molecule has 2 heterocycles. The lowest BCUT2D eigenvalue weighted by Gasteiger charge is -2.23. The molecule has 1 atom stereocenters. The second kappa shape index (κ2) is 10.9. The molecule has 0 radical (unpaired) electrons. The maximum absolute atomic E-state index is 13.0.